The first-order chi connectivity index (χ1) is 7.84. The van der Waals surface area contributed by atoms with Crippen molar-refractivity contribution in [1.82, 2.24) is 4.98 Å². The Kier molecular flexibility index (Phi) is 2.73. The molecule has 1 saturated heterocycles. The van der Waals surface area contributed by atoms with E-state index >= 15 is 0 Å². The largest absolute Gasteiger partial charge is 0.396 e. The van der Waals surface area contributed by atoms with Crippen LogP contribution in [-0.4, -0.2) is 29.4 Å². The van der Waals surface area contributed by atoms with Gasteiger partial charge in [-0.3, -0.25) is 0 Å². The van der Waals surface area contributed by atoms with Crippen LogP contribution in [0, 0.1) is 11.3 Å². The van der Waals surface area contributed by atoms with Crippen molar-refractivity contribution in [1.29, 1.82) is 0 Å². The first-order valence-electron chi connectivity index (χ1n) is 5.95. The van der Waals surface area contributed by atoms with Gasteiger partial charge in [0.05, 0.1) is 17.7 Å². The first kappa shape index (κ1) is 10.7. The van der Waals surface area contributed by atoms with Crippen molar-refractivity contribution in [2.45, 2.75) is 31.8 Å². The highest BCUT2D eigenvalue weighted by molar-refractivity contribution is 7.09. The van der Waals surface area contributed by atoms with E-state index in [0.717, 1.165) is 24.5 Å². The van der Waals surface area contributed by atoms with Gasteiger partial charge in [-0.1, -0.05) is 0 Å². The molecular weight excluding hydrogens is 222 g/mol. The minimum absolute atomic E-state index is 0.0565. The van der Waals surface area contributed by atoms with Gasteiger partial charge in [0.15, 0.2) is 0 Å². The summed E-state index contributed by atoms with van der Waals surface area (Å²) in [5.74, 6) is 0.689. The lowest BCUT2D eigenvalue weighted by Crippen LogP contribution is -2.38. The van der Waals surface area contributed by atoms with Crippen molar-refractivity contribution < 1.29 is 9.84 Å². The molecule has 0 spiro atoms. The molecule has 0 radical (unpaired) electrons. The molecule has 3 rings (SSSR count). The van der Waals surface area contributed by atoms with Gasteiger partial charge in [-0.15, -0.1) is 11.3 Å². The summed E-state index contributed by atoms with van der Waals surface area (Å²) >= 11 is 1.68. The maximum Gasteiger partial charge on any atom is 0.0932 e. The Morgan fingerprint density at radius 2 is 2.44 bits per heavy atom. The van der Waals surface area contributed by atoms with Crippen molar-refractivity contribution >= 4 is 11.3 Å². The lowest BCUT2D eigenvalue weighted by Gasteiger charge is -2.31. The van der Waals surface area contributed by atoms with Crippen LogP contribution in [0.3, 0.4) is 0 Å². The number of hydrogen-bond acceptors (Lipinski definition) is 4. The van der Waals surface area contributed by atoms with Crippen LogP contribution in [0.2, 0.25) is 0 Å². The van der Waals surface area contributed by atoms with Crippen molar-refractivity contribution in [2.24, 2.45) is 11.3 Å². The number of thiazole rings is 1. The number of nitrogens with zero attached hydrogens (tertiary/aromatic N) is 1. The number of hydrogen-bond donors (Lipinski definition) is 1. The lowest BCUT2D eigenvalue weighted by molar-refractivity contribution is 0.000564. The van der Waals surface area contributed by atoms with Gasteiger partial charge in [0.2, 0.25) is 0 Å². The third-order valence-corrected chi connectivity index (χ3v) is 4.63. The molecule has 2 aliphatic rings. The summed E-state index contributed by atoms with van der Waals surface area (Å²) in [6, 6.07) is 0. The Bertz CT molecular complexity index is 350. The highest BCUT2D eigenvalue weighted by atomic mass is 32.1. The molecule has 0 bridgehead atoms. The van der Waals surface area contributed by atoms with Crippen LogP contribution < -0.4 is 0 Å². The van der Waals surface area contributed by atoms with E-state index in [9.17, 15) is 5.11 Å². The summed E-state index contributed by atoms with van der Waals surface area (Å²) in [6.07, 6.45) is 6.50. The van der Waals surface area contributed by atoms with Gasteiger partial charge in [0.25, 0.3) is 0 Å². The average molecular weight is 239 g/mol. The first-order valence-corrected chi connectivity index (χ1v) is 6.83. The fourth-order valence-corrected chi connectivity index (χ4v) is 3.57. The number of rotatable bonds is 4. The van der Waals surface area contributed by atoms with E-state index in [2.05, 4.69) is 4.98 Å². The molecule has 2 atom stereocenters. The van der Waals surface area contributed by atoms with Gasteiger partial charge in [0, 0.05) is 30.0 Å². The molecule has 1 aliphatic heterocycles. The SMILES string of the molecule is OCC1(Cc2nccs2)CCOC1C1CC1. The van der Waals surface area contributed by atoms with E-state index < -0.39 is 0 Å². The Balaban J connectivity index is 1.80. The van der Waals surface area contributed by atoms with Crippen molar-refractivity contribution in [3.05, 3.63) is 16.6 Å². The predicted octanol–water partition coefficient (Wildman–Crippen LogP) is 1.86. The summed E-state index contributed by atoms with van der Waals surface area (Å²) in [4.78, 5) is 4.34. The zero-order valence-corrected chi connectivity index (χ0v) is 10.1. The second kappa shape index (κ2) is 4.09. The van der Waals surface area contributed by atoms with Crippen molar-refractivity contribution in [3.63, 3.8) is 0 Å². The Labute approximate surface area is 99.5 Å². The topological polar surface area (TPSA) is 42.4 Å². The summed E-state index contributed by atoms with van der Waals surface area (Å²) in [7, 11) is 0. The summed E-state index contributed by atoms with van der Waals surface area (Å²) in [6.45, 7) is 1.03. The summed E-state index contributed by atoms with van der Waals surface area (Å²) in [5, 5.41) is 12.9. The lowest BCUT2D eigenvalue weighted by atomic mass is 9.77. The minimum atomic E-state index is -0.0565. The van der Waals surface area contributed by atoms with E-state index in [1.54, 1.807) is 11.3 Å². The highest BCUT2D eigenvalue weighted by Gasteiger charge is 2.50. The van der Waals surface area contributed by atoms with Gasteiger partial charge < -0.3 is 9.84 Å². The molecule has 88 valence electrons. The normalized spacial score (nSPS) is 34.4. The predicted molar refractivity (Wildman–Crippen MR) is 62.4 cm³/mol. The third-order valence-electron chi connectivity index (χ3n) is 3.85. The van der Waals surface area contributed by atoms with Crippen LogP contribution in [-0.2, 0) is 11.2 Å². The van der Waals surface area contributed by atoms with Crippen molar-refractivity contribution in [3.8, 4) is 0 Å². The number of aliphatic hydroxyl groups excluding tert-OH is 1. The number of ether oxygens (including phenoxy) is 1. The second-order valence-corrected chi connectivity index (χ2v) is 5.98. The molecule has 1 aliphatic carbocycles. The van der Waals surface area contributed by atoms with Crippen LogP contribution in [0.1, 0.15) is 24.3 Å². The van der Waals surface area contributed by atoms with Crippen LogP contribution >= 0.6 is 11.3 Å². The summed E-state index contributed by atoms with van der Waals surface area (Å²) in [5.41, 5.74) is -0.0565. The molecule has 0 aromatic carbocycles. The maximum atomic E-state index is 9.76. The Morgan fingerprint density at radius 1 is 1.56 bits per heavy atom. The van der Waals surface area contributed by atoms with E-state index in [4.69, 9.17) is 4.74 Å². The van der Waals surface area contributed by atoms with Gasteiger partial charge in [-0.05, 0) is 25.2 Å². The fourth-order valence-electron chi connectivity index (χ4n) is 2.80. The molecule has 2 unspecified atom stereocenters. The highest BCUT2D eigenvalue weighted by Crippen LogP contribution is 2.49. The van der Waals surface area contributed by atoms with E-state index in [1.165, 1.54) is 12.8 Å². The van der Waals surface area contributed by atoms with Crippen LogP contribution in [0.5, 0.6) is 0 Å². The van der Waals surface area contributed by atoms with Crippen molar-refractivity contribution in [2.75, 3.05) is 13.2 Å². The maximum absolute atomic E-state index is 9.76. The van der Waals surface area contributed by atoms with Gasteiger partial charge in [0.1, 0.15) is 0 Å². The third kappa shape index (κ3) is 1.79. The molecule has 4 heteroatoms. The smallest absolute Gasteiger partial charge is 0.0932 e. The molecule has 1 aromatic heterocycles. The van der Waals surface area contributed by atoms with Gasteiger partial charge in [-0.2, -0.15) is 0 Å². The van der Waals surface area contributed by atoms with E-state index in [0.29, 0.717) is 5.92 Å². The minimum Gasteiger partial charge on any atom is -0.396 e. The molecule has 2 fully saturated rings. The molecule has 1 N–H and O–H groups in total. The van der Waals surface area contributed by atoms with Gasteiger partial charge in [-0.25, -0.2) is 4.98 Å². The zero-order valence-electron chi connectivity index (χ0n) is 9.26. The van der Waals surface area contributed by atoms with E-state index in [-0.39, 0.29) is 18.1 Å². The van der Waals surface area contributed by atoms with E-state index in [1.807, 2.05) is 11.6 Å². The molecule has 16 heavy (non-hydrogen) atoms. The fraction of sp³-hybridized carbons (Fsp3) is 0.750. The molecule has 2 heterocycles. The van der Waals surface area contributed by atoms with Crippen LogP contribution in [0.25, 0.3) is 0 Å². The number of aliphatic hydroxyl groups is 1. The monoisotopic (exact) mass is 239 g/mol. The van der Waals surface area contributed by atoms with Crippen LogP contribution in [0.4, 0.5) is 0 Å². The second-order valence-electron chi connectivity index (χ2n) is 5.00. The standard InChI is InChI=1S/C12H17NO2S/c14-8-12(7-10-13-4-6-16-10)3-5-15-11(12)9-1-2-9/h4,6,9,11,14H,1-3,5,7-8H2. The molecule has 1 saturated carbocycles. The molecule has 3 nitrogen and oxygen atoms in total. The molecule has 0 amide bonds. The summed E-state index contributed by atoms with van der Waals surface area (Å²) < 4.78 is 5.85. The van der Waals surface area contributed by atoms with Gasteiger partial charge >= 0.3 is 0 Å². The zero-order chi connectivity index (χ0) is 11.0. The Hall–Kier alpha value is -0.450. The van der Waals surface area contributed by atoms with Crippen LogP contribution in [0.15, 0.2) is 11.6 Å². The average Bonchev–Trinajstić information content (AvgIpc) is 2.86. The molecular formula is C12H17NO2S. The molecule has 1 aromatic rings. The Morgan fingerprint density at radius 3 is 3.06 bits per heavy atom. The quantitative estimate of drug-likeness (QED) is 0.872. The number of aromatic nitrogens is 1.